The van der Waals surface area contributed by atoms with Gasteiger partial charge >= 0.3 is 0 Å². The number of Topliss-reactive ketones (excluding diaryl/α,β-unsaturated/α-hetero) is 1. The largest absolute Gasteiger partial charge is 0.387 e. The van der Waals surface area contributed by atoms with Crippen LogP contribution in [-0.2, 0) is 46.5 Å². The first-order valence-corrected chi connectivity index (χ1v) is 21.3. The molecular formula is C48H59F2N7O8. The number of aliphatic hydroxyl groups excluding tert-OH is 1. The SMILES string of the molecule is CNC(=O)[C@H](CCN(C(=O)CO)[C@@H](c1cc(-c2cc(F)ccc2F)cn1Cc1ccccc1)C(C)(C)C)NC(=O)[C@H](CC(N)=O)NC(=O)[C@H](C)CC(=O)[C@H](C)NC(=O)Cc1ccccc1. The summed E-state index contributed by atoms with van der Waals surface area (Å²) >= 11 is 0. The van der Waals surface area contributed by atoms with E-state index < -0.39 is 95.5 Å². The molecule has 4 aromatic rings. The summed E-state index contributed by atoms with van der Waals surface area (Å²) in [4.78, 5) is 93.4. The third-order valence-corrected chi connectivity index (χ3v) is 10.8. The molecule has 0 aliphatic carbocycles. The van der Waals surface area contributed by atoms with E-state index in [9.17, 15) is 43.1 Å². The summed E-state index contributed by atoms with van der Waals surface area (Å²) in [5.74, 6) is -7.29. The van der Waals surface area contributed by atoms with Crippen molar-refractivity contribution in [3.63, 3.8) is 0 Å². The zero-order chi connectivity index (χ0) is 48.0. The van der Waals surface area contributed by atoms with Gasteiger partial charge in [0.2, 0.25) is 35.4 Å². The molecule has 6 amide bonds. The fourth-order valence-corrected chi connectivity index (χ4v) is 7.53. The standard InChI is InChI=1S/C48H59F2N7O8/c1-29(21-40(59)30(2)53-42(61)22-31-13-9-7-10-14-31)45(63)55-38(25-41(51)60)47(65)54-37(46(64)52-6)19-20-57(43(62)28-58)44(48(3,4)5)39-23-33(35-24-34(49)17-18-36(35)50)27-56(39)26-32-15-11-8-12-16-32/h7-18,23-24,27,29-30,37-38,44,58H,19-22,25-26,28H2,1-6H3,(H2,51,60)(H,52,64)(H,53,61)(H,54,65)(H,55,63)/t29-,30+,37+,38+,44+/m1/s1. The molecular weight excluding hydrogens is 841 g/mol. The number of halogens is 2. The zero-order valence-electron chi connectivity index (χ0n) is 37.5. The van der Waals surface area contributed by atoms with E-state index in [0.717, 1.165) is 29.3 Å². The number of carbonyl (C=O) groups is 7. The Morgan fingerprint density at radius 2 is 1.40 bits per heavy atom. The van der Waals surface area contributed by atoms with Crippen LogP contribution < -0.4 is 27.0 Å². The first kappa shape index (κ1) is 50.9. The Morgan fingerprint density at radius 3 is 1.98 bits per heavy atom. The second-order valence-corrected chi connectivity index (χ2v) is 17.1. The van der Waals surface area contributed by atoms with Crippen LogP contribution in [0.15, 0.2) is 91.1 Å². The number of likely N-dealkylation sites (N-methyl/N-ethyl adjacent to an activating group) is 1. The number of rotatable bonds is 22. The normalized spacial score (nSPS) is 13.6. The van der Waals surface area contributed by atoms with Crippen LogP contribution in [0.25, 0.3) is 11.1 Å². The lowest BCUT2D eigenvalue weighted by atomic mass is 9.82. The zero-order valence-corrected chi connectivity index (χ0v) is 37.5. The molecule has 0 aliphatic heterocycles. The van der Waals surface area contributed by atoms with E-state index in [1.54, 1.807) is 36.5 Å². The van der Waals surface area contributed by atoms with Crippen LogP contribution in [-0.4, -0.2) is 94.1 Å². The van der Waals surface area contributed by atoms with Crippen LogP contribution >= 0.6 is 0 Å². The predicted octanol–water partition coefficient (Wildman–Crippen LogP) is 3.71. The molecule has 0 saturated heterocycles. The highest BCUT2D eigenvalue weighted by Gasteiger charge is 2.38. The van der Waals surface area contributed by atoms with Gasteiger partial charge in [-0.3, -0.25) is 33.6 Å². The predicted molar refractivity (Wildman–Crippen MR) is 239 cm³/mol. The van der Waals surface area contributed by atoms with Gasteiger partial charge in [-0.1, -0.05) is 88.4 Å². The Morgan fingerprint density at radius 1 is 0.785 bits per heavy atom. The fraction of sp³-hybridized carbons (Fsp3) is 0.396. The van der Waals surface area contributed by atoms with Gasteiger partial charge in [-0.05, 0) is 54.2 Å². The van der Waals surface area contributed by atoms with Gasteiger partial charge in [0, 0.05) is 55.5 Å². The van der Waals surface area contributed by atoms with Gasteiger partial charge in [-0.2, -0.15) is 0 Å². The van der Waals surface area contributed by atoms with Gasteiger partial charge in [-0.25, -0.2) is 8.78 Å². The Kier molecular flexibility index (Phi) is 18.2. The molecule has 0 saturated carbocycles. The van der Waals surface area contributed by atoms with Crippen molar-refractivity contribution >= 4 is 41.2 Å². The van der Waals surface area contributed by atoms with Crippen molar-refractivity contribution in [3.8, 4) is 11.1 Å². The molecule has 0 fully saturated rings. The lowest BCUT2D eigenvalue weighted by molar-refractivity contribution is -0.140. The number of aliphatic hydroxyl groups is 1. The van der Waals surface area contributed by atoms with Gasteiger partial charge < -0.3 is 41.6 Å². The van der Waals surface area contributed by atoms with Crippen molar-refractivity contribution in [2.24, 2.45) is 17.1 Å². The van der Waals surface area contributed by atoms with Crippen LogP contribution in [0.5, 0.6) is 0 Å². The van der Waals surface area contributed by atoms with Gasteiger partial charge in [0.25, 0.3) is 0 Å². The summed E-state index contributed by atoms with van der Waals surface area (Å²) in [7, 11) is 1.33. The second-order valence-electron chi connectivity index (χ2n) is 17.1. The van der Waals surface area contributed by atoms with Crippen molar-refractivity contribution in [1.82, 2.24) is 30.7 Å². The van der Waals surface area contributed by atoms with Gasteiger partial charge in [0.15, 0.2) is 5.78 Å². The Bertz CT molecular complexity index is 2320. The summed E-state index contributed by atoms with van der Waals surface area (Å²) in [5.41, 5.74) is 7.11. The van der Waals surface area contributed by atoms with Crippen molar-refractivity contribution in [2.45, 2.75) is 91.0 Å². The molecule has 0 aliphatic rings. The molecule has 15 nitrogen and oxygen atoms in total. The number of benzene rings is 3. The molecule has 5 atom stereocenters. The Labute approximate surface area is 377 Å². The summed E-state index contributed by atoms with van der Waals surface area (Å²) in [6.45, 7) is 7.59. The number of carbonyl (C=O) groups excluding carboxylic acids is 7. The third-order valence-electron chi connectivity index (χ3n) is 10.8. The number of hydrogen-bond donors (Lipinski definition) is 6. The number of amides is 6. The van der Waals surface area contributed by atoms with Crippen LogP contribution in [0.3, 0.4) is 0 Å². The van der Waals surface area contributed by atoms with Crippen molar-refractivity contribution in [2.75, 3.05) is 20.2 Å². The quantitative estimate of drug-likeness (QED) is 0.0681. The monoisotopic (exact) mass is 899 g/mol. The van der Waals surface area contributed by atoms with E-state index >= 15 is 4.39 Å². The van der Waals surface area contributed by atoms with Crippen molar-refractivity contribution in [1.29, 1.82) is 0 Å². The molecule has 0 radical (unpaired) electrons. The lowest BCUT2D eigenvalue weighted by Gasteiger charge is -2.41. The van der Waals surface area contributed by atoms with Gasteiger partial charge in [-0.15, -0.1) is 0 Å². The Balaban J connectivity index is 1.56. The van der Waals surface area contributed by atoms with Crippen LogP contribution in [0.4, 0.5) is 8.78 Å². The fourth-order valence-electron chi connectivity index (χ4n) is 7.53. The van der Waals surface area contributed by atoms with E-state index in [1.807, 2.05) is 61.7 Å². The summed E-state index contributed by atoms with van der Waals surface area (Å²) in [6.07, 6.45) is 0.487. The maximum Gasteiger partial charge on any atom is 0.248 e. The molecule has 0 bridgehead atoms. The summed E-state index contributed by atoms with van der Waals surface area (Å²) in [5, 5.41) is 20.4. The van der Waals surface area contributed by atoms with E-state index in [-0.39, 0.29) is 43.8 Å². The van der Waals surface area contributed by atoms with Crippen molar-refractivity contribution < 1.29 is 47.4 Å². The Hall–Kier alpha value is -6.75. The number of nitrogens with zero attached hydrogens (tertiary/aromatic N) is 2. The molecule has 65 heavy (non-hydrogen) atoms. The summed E-state index contributed by atoms with van der Waals surface area (Å²) < 4.78 is 31.5. The highest BCUT2D eigenvalue weighted by molar-refractivity contribution is 5.96. The molecule has 7 N–H and O–H groups in total. The van der Waals surface area contributed by atoms with Crippen LogP contribution in [0.2, 0.25) is 0 Å². The number of primary amides is 1. The minimum absolute atomic E-state index is 0.00988. The minimum Gasteiger partial charge on any atom is -0.387 e. The second kappa shape index (κ2) is 23.3. The highest BCUT2D eigenvalue weighted by Crippen LogP contribution is 2.41. The lowest BCUT2D eigenvalue weighted by Crippen LogP contribution is -2.56. The van der Waals surface area contributed by atoms with Crippen LogP contribution in [0, 0.1) is 23.0 Å². The smallest absolute Gasteiger partial charge is 0.248 e. The molecule has 0 spiro atoms. The highest BCUT2D eigenvalue weighted by atomic mass is 19.1. The van der Waals surface area contributed by atoms with Crippen LogP contribution in [0.1, 0.15) is 76.7 Å². The third kappa shape index (κ3) is 14.6. The summed E-state index contributed by atoms with van der Waals surface area (Å²) in [6, 6.07) is 18.3. The minimum atomic E-state index is -1.58. The first-order chi connectivity index (χ1) is 30.7. The first-order valence-electron chi connectivity index (χ1n) is 21.3. The molecule has 4 rings (SSSR count). The number of hydrogen-bond acceptors (Lipinski definition) is 8. The molecule has 348 valence electrons. The maximum absolute atomic E-state index is 15.2. The average Bonchev–Trinajstić information content (AvgIpc) is 3.66. The molecule has 1 heterocycles. The van der Waals surface area contributed by atoms with E-state index in [4.69, 9.17) is 5.73 Å². The topological polar surface area (TPSA) is 222 Å². The number of nitrogens with one attached hydrogen (secondary N) is 4. The maximum atomic E-state index is 15.2. The molecule has 17 heteroatoms. The number of nitrogens with two attached hydrogens (primary N) is 1. The van der Waals surface area contributed by atoms with E-state index in [1.165, 1.54) is 25.8 Å². The van der Waals surface area contributed by atoms with Crippen molar-refractivity contribution in [3.05, 3.63) is 120 Å². The molecule has 3 aromatic carbocycles. The van der Waals surface area contributed by atoms with Gasteiger partial charge in [0.1, 0.15) is 30.3 Å². The van der Waals surface area contributed by atoms with E-state index in [2.05, 4.69) is 21.3 Å². The average molecular weight is 900 g/mol. The number of ketones is 1. The number of aromatic nitrogens is 1. The molecule has 1 aromatic heterocycles. The molecule has 0 unspecified atom stereocenters. The van der Waals surface area contributed by atoms with E-state index in [0.29, 0.717) is 11.3 Å². The van der Waals surface area contributed by atoms with Gasteiger partial charge in [0.05, 0.1) is 24.9 Å².